The van der Waals surface area contributed by atoms with Gasteiger partial charge < -0.3 is 14.4 Å². The molecule has 1 saturated heterocycles. The third-order valence-electron chi connectivity index (χ3n) is 3.97. The van der Waals surface area contributed by atoms with Gasteiger partial charge in [-0.3, -0.25) is 4.79 Å². The molecule has 0 saturated carbocycles. The van der Waals surface area contributed by atoms with Crippen molar-refractivity contribution in [3.63, 3.8) is 0 Å². The third kappa shape index (κ3) is 2.63. The molecule has 1 aliphatic rings. The molecule has 0 radical (unpaired) electrons. The molecule has 0 aromatic carbocycles. The largest absolute Gasteiger partial charge is 0.339 e. The van der Waals surface area contributed by atoms with Crippen LogP contribution in [0.2, 0.25) is 0 Å². The van der Waals surface area contributed by atoms with Gasteiger partial charge >= 0.3 is 0 Å². The summed E-state index contributed by atoms with van der Waals surface area (Å²) in [6.07, 6.45) is 4.11. The lowest BCUT2D eigenvalue weighted by Crippen LogP contribution is -2.31. The number of imidazole rings is 1. The molecule has 1 amide bonds. The van der Waals surface area contributed by atoms with Crippen LogP contribution >= 0.6 is 0 Å². The van der Waals surface area contributed by atoms with Gasteiger partial charge in [0.15, 0.2) is 5.82 Å². The normalized spacial score (nSPS) is 18.4. The van der Waals surface area contributed by atoms with E-state index in [0.29, 0.717) is 30.4 Å². The second kappa shape index (κ2) is 5.90. The van der Waals surface area contributed by atoms with Crippen LogP contribution in [-0.2, 0) is 6.42 Å². The molecule has 0 aliphatic carbocycles. The number of likely N-dealkylation sites (tertiary alicyclic amines) is 1. The number of carbonyl (C=O) groups is 1. The molecule has 2 aromatic rings. The molecule has 7 heteroatoms. The number of aryl methyl sites for hydroxylation is 1. The molecule has 7 nitrogen and oxygen atoms in total. The zero-order valence-corrected chi connectivity index (χ0v) is 13.2. The Morgan fingerprint density at radius 2 is 2.36 bits per heavy atom. The van der Waals surface area contributed by atoms with Gasteiger partial charge in [0.1, 0.15) is 11.5 Å². The summed E-state index contributed by atoms with van der Waals surface area (Å²) in [7, 11) is 0. The molecule has 118 valence electrons. The summed E-state index contributed by atoms with van der Waals surface area (Å²) >= 11 is 0. The van der Waals surface area contributed by atoms with Gasteiger partial charge in [0.2, 0.25) is 5.89 Å². The van der Waals surface area contributed by atoms with Crippen molar-refractivity contribution in [3.8, 4) is 0 Å². The van der Waals surface area contributed by atoms with Crippen LogP contribution in [0.4, 0.5) is 0 Å². The predicted molar refractivity (Wildman–Crippen MR) is 79.4 cm³/mol. The minimum atomic E-state index is -0.109. The molecule has 0 spiro atoms. The number of hydrogen-bond acceptors (Lipinski definition) is 5. The molecular weight excluding hydrogens is 282 g/mol. The van der Waals surface area contributed by atoms with Gasteiger partial charge in [0, 0.05) is 18.9 Å². The van der Waals surface area contributed by atoms with Gasteiger partial charge in [-0.2, -0.15) is 4.98 Å². The number of hydrogen-bond donors (Lipinski definition) is 1. The highest BCUT2D eigenvalue weighted by Gasteiger charge is 2.34. The molecule has 1 N–H and O–H groups in total. The van der Waals surface area contributed by atoms with E-state index in [-0.39, 0.29) is 17.9 Å². The molecule has 2 aromatic heterocycles. The summed E-state index contributed by atoms with van der Waals surface area (Å²) in [6.45, 7) is 6.75. The number of H-pyrrole nitrogens is 1. The van der Waals surface area contributed by atoms with E-state index in [4.69, 9.17) is 4.52 Å². The first kappa shape index (κ1) is 14.7. The lowest BCUT2D eigenvalue weighted by Gasteiger charge is -2.21. The Morgan fingerprint density at radius 1 is 1.55 bits per heavy atom. The van der Waals surface area contributed by atoms with Gasteiger partial charge in [0.25, 0.3) is 5.91 Å². The number of amides is 1. The molecule has 22 heavy (non-hydrogen) atoms. The maximum absolute atomic E-state index is 12.7. The standard InChI is InChI=1S/C15H21N5O2/c1-4-12-18-14(19-22-12)11-6-5-7-20(11)15(21)10-8-16-13(17-10)9(2)3/h8-9,11H,4-7H2,1-3H3,(H,16,17)/t11-/m1/s1. The quantitative estimate of drug-likeness (QED) is 0.937. The average molecular weight is 303 g/mol. The smallest absolute Gasteiger partial charge is 0.272 e. The molecule has 1 atom stereocenters. The summed E-state index contributed by atoms with van der Waals surface area (Å²) in [5.41, 5.74) is 0.523. The summed E-state index contributed by atoms with van der Waals surface area (Å²) in [5, 5.41) is 4.02. The van der Waals surface area contributed by atoms with Crippen LogP contribution in [0, 0.1) is 0 Å². The first-order valence-electron chi connectivity index (χ1n) is 7.78. The van der Waals surface area contributed by atoms with E-state index in [1.54, 1.807) is 6.20 Å². The number of nitrogens with zero attached hydrogens (tertiary/aromatic N) is 4. The van der Waals surface area contributed by atoms with Crippen molar-refractivity contribution in [1.29, 1.82) is 0 Å². The van der Waals surface area contributed by atoms with Crippen molar-refractivity contribution in [3.05, 3.63) is 29.4 Å². The van der Waals surface area contributed by atoms with Gasteiger partial charge in [-0.15, -0.1) is 0 Å². The van der Waals surface area contributed by atoms with E-state index >= 15 is 0 Å². The van der Waals surface area contributed by atoms with Gasteiger partial charge in [-0.05, 0) is 12.8 Å². The van der Waals surface area contributed by atoms with Crippen LogP contribution in [-0.4, -0.2) is 37.5 Å². The third-order valence-corrected chi connectivity index (χ3v) is 3.97. The fourth-order valence-corrected chi connectivity index (χ4v) is 2.72. The Kier molecular flexibility index (Phi) is 3.96. The monoisotopic (exact) mass is 303 g/mol. The Balaban J connectivity index is 1.81. The van der Waals surface area contributed by atoms with E-state index in [1.807, 2.05) is 25.7 Å². The Hall–Kier alpha value is -2.18. The number of nitrogens with one attached hydrogen (secondary N) is 1. The van der Waals surface area contributed by atoms with Crippen molar-refractivity contribution in [2.24, 2.45) is 0 Å². The highest BCUT2D eigenvalue weighted by Crippen LogP contribution is 2.31. The van der Waals surface area contributed by atoms with E-state index in [1.165, 1.54) is 0 Å². The molecule has 3 heterocycles. The Bertz CT molecular complexity index is 660. The lowest BCUT2D eigenvalue weighted by molar-refractivity contribution is 0.0722. The average Bonchev–Trinajstić information content (AvgIpc) is 3.24. The first-order valence-corrected chi connectivity index (χ1v) is 7.78. The van der Waals surface area contributed by atoms with Crippen molar-refractivity contribution >= 4 is 5.91 Å². The lowest BCUT2D eigenvalue weighted by atomic mass is 10.2. The van der Waals surface area contributed by atoms with Gasteiger partial charge in [-0.25, -0.2) is 4.98 Å². The number of aromatic nitrogens is 4. The topological polar surface area (TPSA) is 87.9 Å². The van der Waals surface area contributed by atoms with Crippen LogP contribution < -0.4 is 0 Å². The maximum Gasteiger partial charge on any atom is 0.272 e. The Labute approximate surface area is 129 Å². The van der Waals surface area contributed by atoms with Crippen molar-refractivity contribution < 1.29 is 9.32 Å². The molecular formula is C15H21N5O2. The summed E-state index contributed by atoms with van der Waals surface area (Å²) in [5.74, 6) is 2.25. The predicted octanol–water partition coefficient (Wildman–Crippen LogP) is 2.46. The van der Waals surface area contributed by atoms with Gasteiger partial charge in [0.05, 0.1) is 12.2 Å². The molecule has 0 unspecified atom stereocenters. The minimum Gasteiger partial charge on any atom is -0.339 e. The van der Waals surface area contributed by atoms with Crippen LogP contribution in [0.1, 0.15) is 73.6 Å². The maximum atomic E-state index is 12.7. The number of rotatable bonds is 4. The molecule has 3 rings (SSSR count). The van der Waals surface area contributed by atoms with E-state index in [0.717, 1.165) is 18.7 Å². The second-order valence-corrected chi connectivity index (χ2v) is 5.89. The van der Waals surface area contributed by atoms with Crippen LogP contribution in [0.15, 0.2) is 10.7 Å². The fraction of sp³-hybridized carbons (Fsp3) is 0.600. The molecule has 0 bridgehead atoms. The first-order chi connectivity index (χ1) is 10.6. The summed E-state index contributed by atoms with van der Waals surface area (Å²) in [4.78, 5) is 26.3. The number of aromatic amines is 1. The van der Waals surface area contributed by atoms with Gasteiger partial charge in [-0.1, -0.05) is 25.9 Å². The highest BCUT2D eigenvalue weighted by molar-refractivity contribution is 5.92. The minimum absolute atomic E-state index is 0.0512. The SMILES string of the molecule is CCc1nc([C@H]2CCCN2C(=O)c2cnc(C(C)C)[nH]2)no1. The van der Waals surface area contributed by atoms with Crippen molar-refractivity contribution in [1.82, 2.24) is 25.0 Å². The van der Waals surface area contributed by atoms with E-state index in [2.05, 4.69) is 20.1 Å². The summed E-state index contributed by atoms with van der Waals surface area (Å²) < 4.78 is 5.18. The number of carbonyl (C=O) groups excluding carboxylic acids is 1. The zero-order valence-electron chi connectivity index (χ0n) is 13.2. The van der Waals surface area contributed by atoms with Crippen molar-refractivity contribution in [2.45, 2.75) is 52.0 Å². The molecule has 1 aliphatic heterocycles. The van der Waals surface area contributed by atoms with Crippen molar-refractivity contribution in [2.75, 3.05) is 6.54 Å². The Morgan fingerprint density at radius 3 is 3.00 bits per heavy atom. The fourth-order valence-electron chi connectivity index (χ4n) is 2.72. The summed E-state index contributed by atoms with van der Waals surface area (Å²) in [6, 6.07) is -0.109. The van der Waals surface area contributed by atoms with E-state index < -0.39 is 0 Å². The second-order valence-electron chi connectivity index (χ2n) is 5.89. The highest BCUT2D eigenvalue weighted by atomic mass is 16.5. The molecule has 1 fully saturated rings. The van der Waals surface area contributed by atoms with E-state index in [9.17, 15) is 4.79 Å². The van der Waals surface area contributed by atoms with Crippen LogP contribution in [0.3, 0.4) is 0 Å². The zero-order chi connectivity index (χ0) is 15.7. The van der Waals surface area contributed by atoms with Crippen LogP contribution in [0.5, 0.6) is 0 Å². The van der Waals surface area contributed by atoms with Crippen LogP contribution in [0.25, 0.3) is 0 Å².